The van der Waals surface area contributed by atoms with Crippen LogP contribution in [0.5, 0.6) is 0 Å². The Morgan fingerprint density at radius 2 is 1.13 bits per heavy atom. The summed E-state index contributed by atoms with van der Waals surface area (Å²) in [5.74, 6) is 1.32. The van der Waals surface area contributed by atoms with Gasteiger partial charge in [0.25, 0.3) is 0 Å². The minimum atomic E-state index is -1.60. The van der Waals surface area contributed by atoms with Crippen molar-refractivity contribution in [1.82, 2.24) is 0 Å². The first-order valence-electron chi connectivity index (χ1n) is 11.8. The van der Waals surface area contributed by atoms with Crippen LogP contribution in [0.3, 0.4) is 0 Å². The number of hydrogen-bond acceptors (Lipinski definition) is 0. The van der Waals surface area contributed by atoms with Crippen molar-refractivity contribution in [3.63, 3.8) is 0 Å². The monoisotopic (exact) mass is 524 g/mol. The highest BCUT2D eigenvalue weighted by molar-refractivity contribution is 5.84. The number of halogens is 7. The average Bonchev–Trinajstić information content (AvgIpc) is 2.86. The van der Waals surface area contributed by atoms with Crippen molar-refractivity contribution in [2.45, 2.75) is 32.6 Å². The Bertz CT molecular complexity index is 1620. The Morgan fingerprint density at radius 3 is 1.74 bits per heavy atom. The van der Waals surface area contributed by atoms with Crippen molar-refractivity contribution in [3.8, 4) is 23.7 Å². The van der Waals surface area contributed by atoms with Crippen LogP contribution in [0.25, 0.3) is 10.8 Å². The molecule has 7 heteroatoms. The fraction of sp³-hybridized carbons (Fsp3) is 0.161. The molecule has 4 aromatic rings. The number of fused-ring (bicyclic) bond motifs is 1. The van der Waals surface area contributed by atoms with Crippen LogP contribution in [0.2, 0.25) is 0 Å². The minimum absolute atomic E-state index is 0.0215. The average molecular weight is 524 g/mol. The molecule has 0 aliphatic heterocycles. The van der Waals surface area contributed by atoms with E-state index < -0.39 is 51.8 Å². The Hall–Kier alpha value is -4.23. The van der Waals surface area contributed by atoms with Gasteiger partial charge < -0.3 is 0 Å². The number of benzene rings is 4. The molecule has 0 bridgehead atoms. The number of rotatable bonds is 4. The fourth-order valence-corrected chi connectivity index (χ4v) is 3.89. The van der Waals surface area contributed by atoms with Crippen molar-refractivity contribution < 1.29 is 30.7 Å². The summed E-state index contributed by atoms with van der Waals surface area (Å²) in [6.45, 7) is 2.02. The summed E-state index contributed by atoms with van der Waals surface area (Å²) < 4.78 is 98.8. The maximum absolute atomic E-state index is 14.6. The number of unbranched alkanes of at least 4 members (excludes halogenated alkanes) is 2. The molecule has 0 aliphatic carbocycles. The van der Waals surface area contributed by atoms with Gasteiger partial charge in [0, 0.05) is 16.5 Å². The van der Waals surface area contributed by atoms with E-state index in [1.807, 2.05) is 6.92 Å². The summed E-state index contributed by atoms with van der Waals surface area (Å²) in [6.07, 6.45) is 3.23. The molecule has 0 aliphatic rings. The second-order valence-electron chi connectivity index (χ2n) is 8.63. The van der Waals surface area contributed by atoms with E-state index in [1.54, 1.807) is 0 Å². The zero-order valence-electron chi connectivity index (χ0n) is 20.1. The number of hydrogen-bond donors (Lipinski definition) is 0. The highest BCUT2D eigenvalue weighted by atomic mass is 19.2. The normalized spacial score (nSPS) is 10.6. The second kappa shape index (κ2) is 11.4. The van der Waals surface area contributed by atoms with Crippen molar-refractivity contribution in [3.05, 3.63) is 117 Å². The molecule has 0 saturated carbocycles. The van der Waals surface area contributed by atoms with Crippen molar-refractivity contribution in [1.29, 1.82) is 0 Å². The molecule has 0 amide bonds. The molecule has 0 N–H and O–H groups in total. The van der Waals surface area contributed by atoms with Gasteiger partial charge in [0.05, 0.1) is 11.1 Å². The van der Waals surface area contributed by atoms with Gasteiger partial charge in [0.15, 0.2) is 17.5 Å². The fourth-order valence-electron chi connectivity index (χ4n) is 3.89. The van der Waals surface area contributed by atoms with Crippen LogP contribution in [0.15, 0.2) is 48.5 Å². The van der Waals surface area contributed by atoms with Gasteiger partial charge in [-0.2, -0.15) is 0 Å². The van der Waals surface area contributed by atoms with E-state index >= 15 is 0 Å². The third-order valence-electron chi connectivity index (χ3n) is 5.85. The maximum atomic E-state index is 14.6. The van der Waals surface area contributed by atoms with E-state index in [9.17, 15) is 30.7 Å². The predicted octanol–water partition coefficient (Wildman–Crippen LogP) is 8.35. The SMILES string of the molecule is CCCCCc1cc(F)c(C#Cc2cc(F)c(C#Cc3ccc4c(F)c(F)c(F)cc4c3)c(F)c2)c(F)c1. The van der Waals surface area contributed by atoms with Crippen LogP contribution < -0.4 is 0 Å². The third-order valence-corrected chi connectivity index (χ3v) is 5.85. The quantitative estimate of drug-likeness (QED) is 0.109. The lowest BCUT2D eigenvalue weighted by molar-refractivity contribution is 0.453. The molecule has 4 rings (SSSR count). The van der Waals surface area contributed by atoms with Crippen molar-refractivity contribution >= 4 is 10.8 Å². The molecule has 0 spiro atoms. The molecule has 0 nitrogen and oxygen atoms in total. The van der Waals surface area contributed by atoms with Crippen LogP contribution in [-0.4, -0.2) is 0 Å². The highest BCUT2D eigenvalue weighted by Crippen LogP contribution is 2.24. The summed E-state index contributed by atoms with van der Waals surface area (Å²) in [7, 11) is 0. The molecule has 0 heterocycles. The van der Waals surface area contributed by atoms with Crippen molar-refractivity contribution in [2.75, 3.05) is 0 Å². The first kappa shape index (κ1) is 26.8. The summed E-state index contributed by atoms with van der Waals surface area (Å²) in [4.78, 5) is 0. The molecule has 192 valence electrons. The van der Waals surface area contributed by atoms with E-state index in [0.29, 0.717) is 12.0 Å². The maximum Gasteiger partial charge on any atom is 0.195 e. The summed E-state index contributed by atoms with van der Waals surface area (Å²) in [6, 6.07) is 8.68. The third kappa shape index (κ3) is 5.84. The molecule has 0 unspecified atom stereocenters. The zero-order chi connectivity index (χ0) is 27.4. The summed E-state index contributed by atoms with van der Waals surface area (Å²) in [5, 5.41) is -0.151. The lowest BCUT2D eigenvalue weighted by atomic mass is 10.0. The molecule has 0 aromatic heterocycles. The molecule has 0 atom stereocenters. The van der Waals surface area contributed by atoms with Crippen LogP contribution in [0, 0.1) is 64.4 Å². The lowest BCUT2D eigenvalue weighted by Gasteiger charge is -2.04. The van der Waals surface area contributed by atoms with E-state index in [4.69, 9.17) is 0 Å². The Labute approximate surface area is 215 Å². The molecule has 0 saturated heterocycles. The van der Waals surface area contributed by atoms with E-state index in [1.165, 1.54) is 30.3 Å². The molecular weight excluding hydrogens is 505 g/mol. The van der Waals surface area contributed by atoms with Gasteiger partial charge in [-0.15, -0.1) is 0 Å². The van der Waals surface area contributed by atoms with Gasteiger partial charge in [-0.1, -0.05) is 49.5 Å². The predicted molar refractivity (Wildman–Crippen MR) is 132 cm³/mol. The van der Waals surface area contributed by atoms with Gasteiger partial charge in [-0.05, 0) is 66.3 Å². The topological polar surface area (TPSA) is 0 Å². The van der Waals surface area contributed by atoms with E-state index in [-0.39, 0.29) is 21.9 Å². The van der Waals surface area contributed by atoms with Gasteiger partial charge in [0.2, 0.25) is 0 Å². The highest BCUT2D eigenvalue weighted by Gasteiger charge is 2.14. The van der Waals surface area contributed by atoms with Crippen LogP contribution in [0.1, 0.15) is 54.0 Å². The van der Waals surface area contributed by atoms with E-state index in [0.717, 1.165) is 37.5 Å². The van der Waals surface area contributed by atoms with E-state index in [2.05, 4.69) is 23.7 Å². The van der Waals surface area contributed by atoms with Gasteiger partial charge >= 0.3 is 0 Å². The first-order chi connectivity index (χ1) is 18.2. The molecule has 0 fully saturated rings. The van der Waals surface area contributed by atoms with Crippen LogP contribution >= 0.6 is 0 Å². The summed E-state index contributed by atoms with van der Waals surface area (Å²) >= 11 is 0. The van der Waals surface area contributed by atoms with Crippen molar-refractivity contribution in [2.24, 2.45) is 0 Å². The van der Waals surface area contributed by atoms with Crippen LogP contribution in [-0.2, 0) is 6.42 Å². The first-order valence-corrected chi connectivity index (χ1v) is 11.8. The number of aryl methyl sites for hydroxylation is 1. The molecule has 0 radical (unpaired) electrons. The molecule has 4 aromatic carbocycles. The molecule has 38 heavy (non-hydrogen) atoms. The largest absolute Gasteiger partial charge is 0.206 e. The Morgan fingerprint density at radius 1 is 0.553 bits per heavy atom. The minimum Gasteiger partial charge on any atom is -0.206 e. The Balaban J connectivity index is 1.59. The van der Waals surface area contributed by atoms with Gasteiger partial charge in [-0.3, -0.25) is 0 Å². The smallest absolute Gasteiger partial charge is 0.195 e. The lowest BCUT2D eigenvalue weighted by Crippen LogP contribution is -1.96. The van der Waals surface area contributed by atoms with Gasteiger partial charge in [-0.25, -0.2) is 30.7 Å². The second-order valence-corrected chi connectivity index (χ2v) is 8.63. The Kier molecular flexibility index (Phi) is 8.08. The standard InChI is InChI=1S/C31H19F7/c1-2-3-4-5-19-13-25(32)24(26(33)14-19)11-8-20-15-27(34)23(28(35)16-20)10-7-18-6-9-22-21(12-18)17-29(36)31(38)30(22)37/h6,9,12-17H,2-5H2,1H3. The molecular formula is C31H19F7. The van der Waals surface area contributed by atoms with Crippen LogP contribution in [0.4, 0.5) is 30.7 Å². The summed E-state index contributed by atoms with van der Waals surface area (Å²) in [5.41, 5.74) is -0.573. The van der Waals surface area contributed by atoms with Gasteiger partial charge in [0.1, 0.15) is 23.3 Å². The zero-order valence-corrected chi connectivity index (χ0v) is 20.1.